The van der Waals surface area contributed by atoms with Gasteiger partial charge in [0, 0.05) is 93.0 Å². The lowest BCUT2D eigenvalue weighted by Crippen LogP contribution is -2.31. The molecule has 3 aliphatic heterocycles. The lowest BCUT2D eigenvalue weighted by atomic mass is 10.00. The van der Waals surface area contributed by atoms with Crippen molar-refractivity contribution in [1.29, 1.82) is 0 Å². The molecule has 12 nitrogen and oxygen atoms in total. The van der Waals surface area contributed by atoms with Crippen LogP contribution >= 0.6 is 0 Å². The zero-order valence-electron chi connectivity index (χ0n) is 34.4. The molecule has 0 bridgehead atoms. The predicted molar refractivity (Wildman–Crippen MR) is 206 cm³/mol. The normalized spacial score (nSPS) is 19.7. The Labute approximate surface area is 323 Å². The number of rotatable bonds is 21. The molecule has 54 heavy (non-hydrogen) atoms. The summed E-state index contributed by atoms with van der Waals surface area (Å²) in [5.41, 5.74) is 0. The maximum absolute atomic E-state index is 11.8. The molecule has 0 aliphatic carbocycles. The third kappa shape index (κ3) is 16.3. The molecule has 0 aromatic heterocycles. The lowest BCUT2D eigenvalue weighted by molar-refractivity contribution is -0.141. The number of carbonyl (C=O) groups excluding carboxylic acids is 9. The zero-order valence-corrected chi connectivity index (χ0v) is 34.4. The molecule has 3 unspecified atom stereocenters. The van der Waals surface area contributed by atoms with Gasteiger partial charge >= 0.3 is 0 Å². The molecule has 6 amide bonds. The summed E-state index contributed by atoms with van der Waals surface area (Å²) in [5.74, 6) is -0.00781. The minimum Gasteiger partial charge on any atom is -0.299 e. The van der Waals surface area contributed by atoms with Crippen LogP contribution in [-0.4, -0.2) is 87.1 Å². The van der Waals surface area contributed by atoms with Gasteiger partial charge in [-0.2, -0.15) is 0 Å². The van der Waals surface area contributed by atoms with Crippen LogP contribution in [0.2, 0.25) is 0 Å². The van der Waals surface area contributed by atoms with Gasteiger partial charge in [0.05, 0.1) is 0 Å². The van der Waals surface area contributed by atoms with Crippen molar-refractivity contribution in [3.8, 4) is 0 Å². The molecule has 0 saturated carbocycles. The number of Topliss-reactive ketones (excluding diaryl/α,β-unsaturated/α-hetero) is 3. The largest absolute Gasteiger partial charge is 0.299 e. The Hall–Kier alpha value is -3.83. The third-order valence-electron chi connectivity index (χ3n) is 10.3. The molecule has 3 heterocycles. The fourth-order valence-electron chi connectivity index (χ4n) is 6.09. The van der Waals surface area contributed by atoms with Crippen LogP contribution in [0.1, 0.15) is 146 Å². The van der Waals surface area contributed by atoms with E-state index in [0.29, 0.717) is 45.3 Å². The Morgan fingerprint density at radius 3 is 1.15 bits per heavy atom. The maximum Gasteiger partial charge on any atom is 0.253 e. The summed E-state index contributed by atoms with van der Waals surface area (Å²) >= 11 is 0. The van der Waals surface area contributed by atoms with E-state index in [4.69, 9.17) is 0 Å². The van der Waals surface area contributed by atoms with Crippen LogP contribution in [-0.2, 0) is 43.2 Å². The second-order valence-corrected chi connectivity index (χ2v) is 15.9. The summed E-state index contributed by atoms with van der Waals surface area (Å²) in [5, 5.41) is 0. The van der Waals surface area contributed by atoms with Gasteiger partial charge in [0.1, 0.15) is 17.3 Å². The van der Waals surface area contributed by atoms with E-state index < -0.39 is 0 Å². The van der Waals surface area contributed by atoms with Crippen LogP contribution < -0.4 is 0 Å². The quantitative estimate of drug-likeness (QED) is 0.0969. The topological polar surface area (TPSA) is 163 Å². The highest BCUT2D eigenvalue weighted by Gasteiger charge is 2.41. The molecule has 0 spiro atoms. The van der Waals surface area contributed by atoms with Gasteiger partial charge in [-0.25, -0.2) is 0 Å². The maximum atomic E-state index is 11.8. The number of nitrogens with zero attached hydrogens (tertiary/aromatic N) is 3. The Morgan fingerprint density at radius 1 is 0.500 bits per heavy atom. The molecule has 304 valence electrons. The van der Waals surface area contributed by atoms with Crippen LogP contribution in [0, 0.1) is 35.5 Å². The Bertz CT molecular complexity index is 1330. The van der Waals surface area contributed by atoms with E-state index in [1.807, 2.05) is 55.4 Å². The van der Waals surface area contributed by atoms with Gasteiger partial charge < -0.3 is 0 Å². The van der Waals surface area contributed by atoms with Gasteiger partial charge in [-0.15, -0.1) is 0 Å². The summed E-state index contributed by atoms with van der Waals surface area (Å²) in [6.45, 7) is 18.3. The molecule has 3 rings (SSSR count). The van der Waals surface area contributed by atoms with Crippen molar-refractivity contribution in [2.24, 2.45) is 35.5 Å². The minimum atomic E-state index is -0.228. The highest BCUT2D eigenvalue weighted by molar-refractivity contribution is 6.12. The van der Waals surface area contributed by atoms with Crippen molar-refractivity contribution >= 4 is 52.8 Å². The molecular formula is C42H67N3O9. The molecule has 0 N–H and O–H groups in total. The number of amides is 6. The first kappa shape index (κ1) is 48.2. The van der Waals surface area contributed by atoms with Crippen molar-refractivity contribution in [2.45, 2.75) is 146 Å². The predicted octanol–water partition coefficient (Wildman–Crippen LogP) is 6.28. The number of ketones is 3. The average Bonchev–Trinajstić information content (AvgIpc) is 3.64. The molecule has 0 radical (unpaired) electrons. The summed E-state index contributed by atoms with van der Waals surface area (Å²) in [6.07, 6.45) is 12.3. The van der Waals surface area contributed by atoms with E-state index in [-0.39, 0.29) is 88.3 Å². The average molecular weight is 758 g/mol. The van der Waals surface area contributed by atoms with Crippen LogP contribution in [0.4, 0.5) is 0 Å². The number of imide groups is 3. The van der Waals surface area contributed by atoms with Crippen LogP contribution in [0.15, 0.2) is 12.2 Å². The van der Waals surface area contributed by atoms with Crippen molar-refractivity contribution in [1.82, 2.24) is 14.7 Å². The molecule has 12 heteroatoms. The summed E-state index contributed by atoms with van der Waals surface area (Å²) < 4.78 is 0. The fraction of sp³-hybridized carbons (Fsp3) is 0.738. The van der Waals surface area contributed by atoms with Gasteiger partial charge in [-0.3, -0.25) is 57.9 Å². The number of carbonyl (C=O) groups is 9. The van der Waals surface area contributed by atoms with Gasteiger partial charge in [0.2, 0.25) is 23.6 Å². The van der Waals surface area contributed by atoms with Crippen LogP contribution in [0.5, 0.6) is 0 Å². The Balaban J connectivity index is 0.000000406. The van der Waals surface area contributed by atoms with Crippen LogP contribution in [0.25, 0.3) is 0 Å². The number of unbranched alkanes of at least 4 members (excludes halogenated alkanes) is 6. The summed E-state index contributed by atoms with van der Waals surface area (Å²) in [6, 6.07) is 0. The van der Waals surface area contributed by atoms with Gasteiger partial charge in [-0.05, 0) is 38.5 Å². The van der Waals surface area contributed by atoms with E-state index in [1.165, 1.54) is 26.9 Å². The molecule has 3 atom stereocenters. The Kier molecular flexibility index (Phi) is 21.9. The van der Waals surface area contributed by atoms with Gasteiger partial charge in [-0.1, -0.05) is 81.6 Å². The van der Waals surface area contributed by atoms with Crippen molar-refractivity contribution in [3.05, 3.63) is 12.2 Å². The van der Waals surface area contributed by atoms with Crippen molar-refractivity contribution in [3.63, 3.8) is 0 Å². The lowest BCUT2D eigenvalue weighted by Gasteiger charge is -2.14. The van der Waals surface area contributed by atoms with E-state index >= 15 is 0 Å². The van der Waals surface area contributed by atoms with Crippen molar-refractivity contribution < 1.29 is 43.2 Å². The smallest absolute Gasteiger partial charge is 0.253 e. The SMILES string of the molecule is CC(C)C(=O)CCCCCN1C(=O)C(C)C(C)C1=O.CC(C)C(=O)CCCCCN1C(=O)C=CC1=O.CC(C)C(=O)CCCCCN1C(=O)CC(C)C1=O. The number of likely N-dealkylation sites (tertiary alicyclic amines) is 2. The van der Waals surface area contributed by atoms with E-state index in [1.54, 1.807) is 6.92 Å². The monoisotopic (exact) mass is 757 g/mol. The molecule has 2 fully saturated rings. The Morgan fingerprint density at radius 2 is 0.833 bits per heavy atom. The third-order valence-corrected chi connectivity index (χ3v) is 10.3. The van der Waals surface area contributed by atoms with Crippen molar-refractivity contribution in [2.75, 3.05) is 19.6 Å². The van der Waals surface area contributed by atoms with E-state index in [0.717, 1.165) is 57.8 Å². The number of hydrogen-bond donors (Lipinski definition) is 0. The molecule has 2 saturated heterocycles. The standard InChI is InChI=1S/C15H25NO3.C14H23NO3.C13H19NO3/c1-10(2)13(17)8-6-5-7-9-16-14(18)11(3)12(4)15(16)19;1-10(2)12(16)7-5-4-6-8-15-13(17)9-11(3)14(15)18;1-10(2)11(15)6-4-3-5-9-14-12(16)7-8-13(14)17/h10-12H,5-9H2,1-4H3;10-11H,4-9H2,1-3H3;7-8,10H,3-6,9H2,1-2H3. The summed E-state index contributed by atoms with van der Waals surface area (Å²) in [7, 11) is 0. The zero-order chi connectivity index (χ0) is 41.1. The second kappa shape index (κ2) is 24.6. The molecule has 0 aromatic carbocycles. The van der Waals surface area contributed by atoms with Gasteiger partial charge in [0.15, 0.2) is 0 Å². The fourth-order valence-corrected chi connectivity index (χ4v) is 6.09. The second-order valence-electron chi connectivity index (χ2n) is 15.9. The first-order valence-corrected chi connectivity index (χ1v) is 20.1. The summed E-state index contributed by atoms with van der Waals surface area (Å²) in [4.78, 5) is 107. The highest BCUT2D eigenvalue weighted by Crippen LogP contribution is 2.26. The number of hydrogen-bond acceptors (Lipinski definition) is 9. The first-order valence-electron chi connectivity index (χ1n) is 20.1. The van der Waals surface area contributed by atoms with E-state index in [9.17, 15) is 43.2 Å². The van der Waals surface area contributed by atoms with Gasteiger partial charge in [0.25, 0.3) is 11.8 Å². The van der Waals surface area contributed by atoms with E-state index in [2.05, 4.69) is 0 Å². The first-order chi connectivity index (χ1) is 25.3. The van der Waals surface area contributed by atoms with Crippen LogP contribution in [0.3, 0.4) is 0 Å². The highest BCUT2D eigenvalue weighted by atomic mass is 16.2. The molecular weight excluding hydrogens is 690 g/mol. The molecule has 3 aliphatic rings. The minimum absolute atomic E-state index is 0.0433. The molecule has 0 aromatic rings.